The minimum Gasteiger partial charge on any atom is -0.481 e. The van der Waals surface area contributed by atoms with Crippen LogP contribution in [0.5, 0.6) is 0 Å². The molecule has 0 radical (unpaired) electrons. The second-order valence-corrected chi connectivity index (χ2v) is 4.47. The molecule has 0 aromatic carbocycles. The molecule has 17 heavy (non-hydrogen) atoms. The number of rotatable bonds is 4. The number of pyridine rings is 1. The van der Waals surface area contributed by atoms with E-state index in [0.29, 0.717) is 0 Å². The Balaban J connectivity index is 2.26. The summed E-state index contributed by atoms with van der Waals surface area (Å²) in [5, 5.41) is 9.28. The minimum atomic E-state index is -0.709. The van der Waals surface area contributed by atoms with Crippen molar-refractivity contribution in [3.05, 3.63) is 30.1 Å². The van der Waals surface area contributed by atoms with E-state index in [2.05, 4.69) is 16.8 Å². The summed E-state index contributed by atoms with van der Waals surface area (Å²) in [5.41, 5.74) is 0.880. The Kier molecular flexibility index (Phi) is 3.74. The standard InChI is InChI=1S/C13H18N2O2/c1-2-8-15-9-6-10(13(16)17)12(15)11-5-3-4-7-14-11/h3-5,7,10,12H,2,6,8-9H2,1H3,(H,16,17)/t10-,12-/m0/s1. The number of carboxylic acids is 1. The average molecular weight is 234 g/mol. The van der Waals surface area contributed by atoms with Crippen LogP contribution in [0.3, 0.4) is 0 Å². The minimum absolute atomic E-state index is 0.0614. The third-order valence-corrected chi connectivity index (χ3v) is 3.32. The predicted octanol–water partition coefficient (Wildman–Crippen LogP) is 1.94. The lowest BCUT2D eigenvalue weighted by molar-refractivity contribution is -0.142. The first-order chi connectivity index (χ1) is 8.24. The monoisotopic (exact) mass is 234 g/mol. The molecular formula is C13H18N2O2. The van der Waals surface area contributed by atoms with Crippen molar-refractivity contribution in [3.8, 4) is 0 Å². The van der Waals surface area contributed by atoms with Gasteiger partial charge in [0.05, 0.1) is 17.7 Å². The molecular weight excluding hydrogens is 216 g/mol. The van der Waals surface area contributed by atoms with Crippen molar-refractivity contribution < 1.29 is 9.90 Å². The molecule has 0 unspecified atom stereocenters. The van der Waals surface area contributed by atoms with Crippen LogP contribution >= 0.6 is 0 Å². The second kappa shape index (κ2) is 5.27. The number of aromatic nitrogens is 1. The van der Waals surface area contributed by atoms with Crippen molar-refractivity contribution in [2.75, 3.05) is 13.1 Å². The lowest BCUT2D eigenvalue weighted by Gasteiger charge is -2.25. The fourth-order valence-corrected chi connectivity index (χ4v) is 2.60. The topological polar surface area (TPSA) is 53.4 Å². The third-order valence-electron chi connectivity index (χ3n) is 3.32. The zero-order chi connectivity index (χ0) is 12.3. The zero-order valence-corrected chi connectivity index (χ0v) is 10.0. The van der Waals surface area contributed by atoms with Gasteiger partial charge >= 0.3 is 5.97 Å². The molecule has 1 aromatic heterocycles. The number of hydrogen-bond donors (Lipinski definition) is 1. The van der Waals surface area contributed by atoms with Gasteiger partial charge in [-0.05, 0) is 38.1 Å². The fourth-order valence-electron chi connectivity index (χ4n) is 2.60. The largest absolute Gasteiger partial charge is 0.481 e. The Hall–Kier alpha value is -1.42. The number of likely N-dealkylation sites (tertiary alicyclic amines) is 1. The summed E-state index contributed by atoms with van der Waals surface area (Å²) in [6.45, 7) is 3.90. The van der Waals surface area contributed by atoms with E-state index < -0.39 is 5.97 Å². The lowest BCUT2D eigenvalue weighted by atomic mass is 9.97. The van der Waals surface area contributed by atoms with Crippen molar-refractivity contribution >= 4 is 5.97 Å². The number of carbonyl (C=O) groups is 1. The quantitative estimate of drug-likeness (QED) is 0.865. The Morgan fingerprint density at radius 3 is 3.00 bits per heavy atom. The van der Waals surface area contributed by atoms with Gasteiger partial charge in [-0.1, -0.05) is 13.0 Å². The van der Waals surface area contributed by atoms with Gasteiger partial charge in [0.2, 0.25) is 0 Å². The van der Waals surface area contributed by atoms with Gasteiger partial charge in [-0.25, -0.2) is 0 Å². The molecule has 1 aliphatic rings. The van der Waals surface area contributed by atoms with Gasteiger partial charge in [0.1, 0.15) is 0 Å². The maximum absolute atomic E-state index is 11.3. The molecule has 2 heterocycles. The summed E-state index contributed by atoms with van der Waals surface area (Å²) < 4.78 is 0. The van der Waals surface area contributed by atoms with Crippen molar-refractivity contribution in [2.24, 2.45) is 5.92 Å². The molecule has 0 aliphatic carbocycles. The van der Waals surface area contributed by atoms with Gasteiger partial charge in [0.25, 0.3) is 0 Å². The number of aliphatic carboxylic acids is 1. The van der Waals surface area contributed by atoms with Gasteiger partial charge in [-0.3, -0.25) is 14.7 Å². The molecule has 4 nitrogen and oxygen atoms in total. The average Bonchev–Trinajstić information content (AvgIpc) is 2.74. The third kappa shape index (κ3) is 2.47. The highest BCUT2D eigenvalue weighted by Crippen LogP contribution is 2.36. The van der Waals surface area contributed by atoms with Crippen LogP contribution in [-0.2, 0) is 4.79 Å². The number of nitrogens with zero attached hydrogens (tertiary/aromatic N) is 2. The van der Waals surface area contributed by atoms with E-state index in [1.165, 1.54) is 0 Å². The van der Waals surface area contributed by atoms with Crippen molar-refractivity contribution in [1.29, 1.82) is 0 Å². The van der Waals surface area contributed by atoms with Gasteiger partial charge in [-0.2, -0.15) is 0 Å². The Labute approximate surface area is 101 Å². The molecule has 2 rings (SSSR count). The van der Waals surface area contributed by atoms with E-state index >= 15 is 0 Å². The van der Waals surface area contributed by atoms with E-state index in [1.54, 1.807) is 6.20 Å². The van der Waals surface area contributed by atoms with Gasteiger partial charge in [-0.15, -0.1) is 0 Å². The van der Waals surface area contributed by atoms with E-state index in [0.717, 1.165) is 31.6 Å². The number of carboxylic acid groups (broad SMARTS) is 1. The molecule has 1 aromatic rings. The summed E-state index contributed by atoms with van der Waals surface area (Å²) in [6, 6.07) is 5.64. The molecule has 4 heteroatoms. The van der Waals surface area contributed by atoms with Gasteiger partial charge in [0.15, 0.2) is 0 Å². The first-order valence-electron chi connectivity index (χ1n) is 6.11. The maximum atomic E-state index is 11.3. The van der Waals surface area contributed by atoms with Crippen LogP contribution in [0.2, 0.25) is 0 Å². The molecule has 1 N–H and O–H groups in total. The molecule has 1 saturated heterocycles. The number of hydrogen-bond acceptors (Lipinski definition) is 3. The Morgan fingerprint density at radius 1 is 1.59 bits per heavy atom. The van der Waals surface area contributed by atoms with Crippen molar-refractivity contribution in [3.63, 3.8) is 0 Å². The Morgan fingerprint density at radius 2 is 2.41 bits per heavy atom. The highest BCUT2D eigenvalue weighted by atomic mass is 16.4. The van der Waals surface area contributed by atoms with Crippen LogP contribution in [0, 0.1) is 5.92 Å². The fraction of sp³-hybridized carbons (Fsp3) is 0.538. The Bertz CT molecular complexity index is 380. The first-order valence-corrected chi connectivity index (χ1v) is 6.11. The molecule has 92 valence electrons. The van der Waals surface area contributed by atoms with E-state index in [1.807, 2.05) is 18.2 Å². The summed E-state index contributed by atoms with van der Waals surface area (Å²) in [7, 11) is 0. The summed E-state index contributed by atoms with van der Waals surface area (Å²) in [6.07, 6.45) is 3.49. The van der Waals surface area contributed by atoms with Crippen LogP contribution in [-0.4, -0.2) is 34.0 Å². The van der Waals surface area contributed by atoms with E-state index in [4.69, 9.17) is 0 Å². The van der Waals surface area contributed by atoms with Crippen LogP contribution in [0.15, 0.2) is 24.4 Å². The summed E-state index contributed by atoms with van der Waals surface area (Å²) >= 11 is 0. The zero-order valence-electron chi connectivity index (χ0n) is 10.0. The summed E-state index contributed by atoms with van der Waals surface area (Å²) in [5.74, 6) is -1.03. The predicted molar refractivity (Wildman–Crippen MR) is 64.6 cm³/mol. The van der Waals surface area contributed by atoms with Crippen LogP contribution in [0.1, 0.15) is 31.5 Å². The SMILES string of the molecule is CCCN1CC[C@H](C(=O)O)[C@H]1c1ccccn1. The molecule has 0 spiro atoms. The van der Waals surface area contributed by atoms with E-state index in [9.17, 15) is 9.90 Å². The van der Waals surface area contributed by atoms with E-state index in [-0.39, 0.29) is 12.0 Å². The molecule has 0 saturated carbocycles. The normalized spacial score (nSPS) is 25.0. The van der Waals surface area contributed by atoms with Crippen LogP contribution in [0.25, 0.3) is 0 Å². The highest BCUT2D eigenvalue weighted by molar-refractivity contribution is 5.71. The van der Waals surface area contributed by atoms with Gasteiger partial charge < -0.3 is 5.11 Å². The van der Waals surface area contributed by atoms with Crippen LogP contribution < -0.4 is 0 Å². The van der Waals surface area contributed by atoms with Gasteiger partial charge in [0, 0.05) is 6.20 Å². The van der Waals surface area contributed by atoms with Crippen LogP contribution in [0.4, 0.5) is 0 Å². The smallest absolute Gasteiger partial charge is 0.308 e. The molecule has 1 fully saturated rings. The lowest BCUT2D eigenvalue weighted by Crippen LogP contribution is -2.29. The molecule has 1 aliphatic heterocycles. The van der Waals surface area contributed by atoms with Crippen molar-refractivity contribution in [1.82, 2.24) is 9.88 Å². The maximum Gasteiger partial charge on any atom is 0.308 e. The molecule has 0 amide bonds. The second-order valence-electron chi connectivity index (χ2n) is 4.47. The summed E-state index contributed by atoms with van der Waals surface area (Å²) in [4.78, 5) is 17.8. The van der Waals surface area contributed by atoms with Crippen molar-refractivity contribution in [2.45, 2.75) is 25.8 Å². The molecule has 0 bridgehead atoms. The highest BCUT2D eigenvalue weighted by Gasteiger charge is 2.39. The molecule has 2 atom stereocenters. The first kappa shape index (κ1) is 12.0.